The van der Waals surface area contributed by atoms with Crippen LogP contribution in [-0.2, 0) is 0 Å². The zero-order valence-corrected chi connectivity index (χ0v) is 10.5. The fraction of sp³-hybridized carbons (Fsp3) is 0.308. The van der Waals surface area contributed by atoms with Gasteiger partial charge in [0.15, 0.2) is 0 Å². The van der Waals surface area contributed by atoms with Crippen molar-refractivity contribution in [3.05, 3.63) is 41.4 Å². The molecule has 3 N–H and O–H groups in total. The minimum absolute atomic E-state index is 0.0265. The highest BCUT2D eigenvalue weighted by atomic mass is 35.5. The van der Waals surface area contributed by atoms with Gasteiger partial charge in [-0.05, 0) is 24.6 Å². The lowest BCUT2D eigenvalue weighted by Gasteiger charge is -2.13. The maximum absolute atomic E-state index is 11.7. The number of hydrogen-bond donors (Lipinski definition) is 3. The molecule has 2 atom stereocenters. The second-order valence-electron chi connectivity index (χ2n) is 4.28. The van der Waals surface area contributed by atoms with Crippen LogP contribution >= 0.6 is 11.6 Å². The third-order valence-corrected chi connectivity index (χ3v) is 3.04. The van der Waals surface area contributed by atoms with E-state index < -0.39 is 0 Å². The third kappa shape index (κ3) is 3.48. The molecule has 2 rings (SSSR count). The summed E-state index contributed by atoms with van der Waals surface area (Å²) >= 11 is 5.83. The standard InChI is InChI=1S/C13H15ClN2O2/c14-10-2-1-3-11(7-10)15-13(18)16-12-5-4-9(6-12)8-17/h1-5,7,9,12,17H,6,8H2,(H2,15,16,18)/t9-,12+/m0/s1. The molecule has 0 bridgehead atoms. The summed E-state index contributed by atoms with van der Waals surface area (Å²) in [5.41, 5.74) is 0.653. The quantitative estimate of drug-likeness (QED) is 0.736. The van der Waals surface area contributed by atoms with Gasteiger partial charge in [0, 0.05) is 29.3 Å². The highest BCUT2D eigenvalue weighted by molar-refractivity contribution is 6.30. The number of aliphatic hydroxyl groups excluding tert-OH is 1. The zero-order valence-electron chi connectivity index (χ0n) is 9.77. The number of rotatable bonds is 3. The number of aliphatic hydroxyl groups is 1. The van der Waals surface area contributed by atoms with Crippen molar-refractivity contribution in [2.75, 3.05) is 11.9 Å². The molecule has 1 aliphatic rings. The lowest BCUT2D eigenvalue weighted by molar-refractivity contribution is 0.238. The molecule has 1 aromatic rings. The summed E-state index contributed by atoms with van der Waals surface area (Å²) in [6, 6.07) is 6.67. The van der Waals surface area contributed by atoms with E-state index in [-0.39, 0.29) is 24.6 Å². The molecule has 0 fully saturated rings. The molecule has 0 radical (unpaired) electrons. The Hall–Kier alpha value is -1.52. The summed E-state index contributed by atoms with van der Waals surface area (Å²) < 4.78 is 0. The Labute approximate surface area is 111 Å². The first-order valence-corrected chi connectivity index (χ1v) is 6.17. The number of benzene rings is 1. The molecule has 0 aliphatic heterocycles. The number of carbonyl (C=O) groups excluding carboxylic acids is 1. The minimum atomic E-state index is -0.273. The van der Waals surface area contributed by atoms with E-state index in [1.54, 1.807) is 24.3 Å². The van der Waals surface area contributed by atoms with Crippen molar-refractivity contribution in [2.45, 2.75) is 12.5 Å². The normalized spacial score (nSPS) is 21.9. The van der Waals surface area contributed by atoms with E-state index >= 15 is 0 Å². The number of halogens is 1. The molecule has 0 unspecified atom stereocenters. The average Bonchev–Trinajstić information content (AvgIpc) is 2.76. The van der Waals surface area contributed by atoms with E-state index in [9.17, 15) is 4.79 Å². The molecule has 0 aromatic heterocycles. The van der Waals surface area contributed by atoms with Crippen LogP contribution < -0.4 is 10.6 Å². The number of amides is 2. The molecule has 0 saturated heterocycles. The first-order chi connectivity index (χ1) is 8.67. The lowest BCUT2D eigenvalue weighted by atomic mass is 10.1. The number of anilines is 1. The van der Waals surface area contributed by atoms with Gasteiger partial charge in [-0.15, -0.1) is 0 Å². The summed E-state index contributed by atoms with van der Waals surface area (Å²) in [7, 11) is 0. The second kappa shape index (κ2) is 5.89. The van der Waals surface area contributed by atoms with E-state index in [0.717, 1.165) is 6.42 Å². The Morgan fingerprint density at radius 2 is 2.28 bits per heavy atom. The molecule has 4 nitrogen and oxygen atoms in total. The van der Waals surface area contributed by atoms with Crippen LogP contribution in [0.15, 0.2) is 36.4 Å². The van der Waals surface area contributed by atoms with Crippen LogP contribution in [0, 0.1) is 5.92 Å². The number of nitrogens with one attached hydrogen (secondary N) is 2. The van der Waals surface area contributed by atoms with Crippen LogP contribution in [0.4, 0.5) is 10.5 Å². The van der Waals surface area contributed by atoms with E-state index in [0.29, 0.717) is 10.7 Å². The first kappa shape index (κ1) is 12.9. The Kier molecular flexibility index (Phi) is 4.23. The predicted octanol–water partition coefficient (Wildman–Crippen LogP) is 2.40. The molecular weight excluding hydrogens is 252 g/mol. The molecular formula is C13H15ClN2O2. The van der Waals surface area contributed by atoms with Crippen LogP contribution in [0.3, 0.4) is 0 Å². The molecule has 18 heavy (non-hydrogen) atoms. The largest absolute Gasteiger partial charge is 0.396 e. The Bertz CT molecular complexity index is 462. The Morgan fingerprint density at radius 3 is 2.94 bits per heavy atom. The lowest BCUT2D eigenvalue weighted by Crippen LogP contribution is -2.36. The fourth-order valence-corrected chi connectivity index (χ4v) is 2.11. The maximum atomic E-state index is 11.7. The molecule has 0 saturated carbocycles. The molecule has 1 aliphatic carbocycles. The van der Waals surface area contributed by atoms with Gasteiger partial charge in [0.25, 0.3) is 0 Å². The van der Waals surface area contributed by atoms with Crippen LogP contribution in [0.5, 0.6) is 0 Å². The van der Waals surface area contributed by atoms with Crippen LogP contribution in [0.2, 0.25) is 5.02 Å². The number of hydrogen-bond acceptors (Lipinski definition) is 2. The van der Waals surface area contributed by atoms with Gasteiger partial charge in [0.2, 0.25) is 0 Å². The monoisotopic (exact) mass is 266 g/mol. The van der Waals surface area contributed by atoms with Crippen molar-refractivity contribution < 1.29 is 9.90 Å². The minimum Gasteiger partial charge on any atom is -0.396 e. The molecule has 1 aromatic carbocycles. The second-order valence-corrected chi connectivity index (χ2v) is 4.71. The van der Waals surface area contributed by atoms with Crippen LogP contribution in [0.25, 0.3) is 0 Å². The van der Waals surface area contributed by atoms with Gasteiger partial charge >= 0.3 is 6.03 Å². The molecule has 96 valence electrons. The van der Waals surface area contributed by atoms with Crippen molar-refractivity contribution in [3.8, 4) is 0 Å². The highest BCUT2D eigenvalue weighted by Gasteiger charge is 2.19. The van der Waals surface area contributed by atoms with Crippen molar-refractivity contribution in [3.63, 3.8) is 0 Å². The van der Waals surface area contributed by atoms with Crippen molar-refractivity contribution >= 4 is 23.3 Å². The van der Waals surface area contributed by atoms with E-state index in [2.05, 4.69) is 10.6 Å². The average molecular weight is 267 g/mol. The molecule has 0 spiro atoms. The highest BCUT2D eigenvalue weighted by Crippen LogP contribution is 2.18. The van der Waals surface area contributed by atoms with Gasteiger partial charge in [-0.3, -0.25) is 0 Å². The van der Waals surface area contributed by atoms with Gasteiger partial charge < -0.3 is 15.7 Å². The summed E-state index contributed by atoms with van der Waals surface area (Å²) in [6.45, 7) is 0.116. The molecule has 5 heteroatoms. The van der Waals surface area contributed by atoms with Crippen LogP contribution in [-0.4, -0.2) is 23.8 Å². The van der Waals surface area contributed by atoms with Gasteiger partial charge in [-0.1, -0.05) is 29.8 Å². The fourth-order valence-electron chi connectivity index (χ4n) is 1.92. The number of urea groups is 1. The number of carbonyl (C=O) groups is 1. The maximum Gasteiger partial charge on any atom is 0.319 e. The van der Waals surface area contributed by atoms with Gasteiger partial charge in [-0.2, -0.15) is 0 Å². The van der Waals surface area contributed by atoms with Crippen LogP contribution in [0.1, 0.15) is 6.42 Å². The van der Waals surface area contributed by atoms with Gasteiger partial charge in [-0.25, -0.2) is 4.79 Å². The topological polar surface area (TPSA) is 61.4 Å². The summed E-state index contributed by atoms with van der Waals surface area (Å²) in [5, 5.41) is 15.1. The van der Waals surface area contributed by atoms with E-state index in [1.807, 2.05) is 12.2 Å². The zero-order chi connectivity index (χ0) is 13.0. The van der Waals surface area contributed by atoms with Crippen molar-refractivity contribution in [2.24, 2.45) is 5.92 Å². The molecule has 2 amide bonds. The summed E-state index contributed by atoms with van der Waals surface area (Å²) in [6.07, 6.45) is 4.56. The van der Waals surface area contributed by atoms with E-state index in [4.69, 9.17) is 16.7 Å². The smallest absolute Gasteiger partial charge is 0.319 e. The van der Waals surface area contributed by atoms with Crippen molar-refractivity contribution in [1.82, 2.24) is 5.32 Å². The first-order valence-electron chi connectivity index (χ1n) is 5.79. The van der Waals surface area contributed by atoms with Gasteiger partial charge in [0.05, 0.1) is 0 Å². The van der Waals surface area contributed by atoms with Crippen molar-refractivity contribution in [1.29, 1.82) is 0 Å². The Balaban J connectivity index is 1.84. The SMILES string of the molecule is O=C(Nc1cccc(Cl)c1)N[C@@H]1C=C[C@H](CO)C1. The Morgan fingerprint density at radius 1 is 1.44 bits per heavy atom. The summed E-state index contributed by atoms with van der Waals surface area (Å²) in [5.74, 6) is 0.140. The van der Waals surface area contributed by atoms with E-state index in [1.165, 1.54) is 0 Å². The third-order valence-electron chi connectivity index (χ3n) is 2.81. The van der Waals surface area contributed by atoms with Gasteiger partial charge in [0.1, 0.15) is 0 Å². The predicted molar refractivity (Wildman–Crippen MR) is 71.7 cm³/mol. The summed E-state index contributed by atoms with van der Waals surface area (Å²) in [4.78, 5) is 11.7. The molecule has 0 heterocycles.